The molecule has 2 N–H and O–H groups in total. The molecule has 7 nitrogen and oxygen atoms in total. The minimum atomic E-state index is -4.53. The lowest BCUT2D eigenvalue weighted by Gasteiger charge is -2.16. The molecule has 0 heterocycles. The number of rotatable bonds is 2. The summed E-state index contributed by atoms with van der Waals surface area (Å²) in [5.74, 6) is -0.312. The number of carbonyl (C=O) groups excluding carboxylic acids is 1. The van der Waals surface area contributed by atoms with E-state index >= 15 is 0 Å². The first-order chi connectivity index (χ1) is 10.6. The minimum absolute atomic E-state index is 0.00346. The lowest BCUT2D eigenvalue weighted by atomic mass is 9.93. The van der Waals surface area contributed by atoms with E-state index in [1.165, 1.54) is 24.3 Å². The lowest BCUT2D eigenvalue weighted by Crippen LogP contribution is -2.13. The predicted octanol–water partition coefficient (Wildman–Crippen LogP) is 1.90. The van der Waals surface area contributed by atoms with E-state index in [9.17, 15) is 26.2 Å². The van der Waals surface area contributed by atoms with Gasteiger partial charge in [-0.25, -0.2) is 0 Å². The van der Waals surface area contributed by atoms with E-state index in [4.69, 9.17) is 4.55 Å². The summed E-state index contributed by atoms with van der Waals surface area (Å²) < 4.78 is 63.7. The number of hydrogen-bond acceptors (Lipinski definition) is 5. The zero-order valence-corrected chi connectivity index (χ0v) is 13.1. The fourth-order valence-corrected chi connectivity index (χ4v) is 3.78. The molecule has 0 radical (unpaired) electrons. The van der Waals surface area contributed by atoms with Gasteiger partial charge in [-0.05, 0) is 35.0 Å². The number of fused-ring (bicyclic) bond motifs is 2. The largest absolute Gasteiger partial charge is 0.294 e. The van der Waals surface area contributed by atoms with Gasteiger partial charge in [0.2, 0.25) is 0 Å². The summed E-state index contributed by atoms with van der Waals surface area (Å²) in [5, 5.41) is 0.809. The topological polar surface area (TPSA) is 126 Å². The molecule has 0 fully saturated rings. The summed E-state index contributed by atoms with van der Waals surface area (Å²) in [5.41, 5.74) is 0.135. The summed E-state index contributed by atoms with van der Waals surface area (Å²) >= 11 is 0. The Labute approximate surface area is 131 Å². The molecule has 9 heteroatoms. The van der Waals surface area contributed by atoms with Crippen LogP contribution in [0, 0.1) is 0 Å². The predicted molar refractivity (Wildman–Crippen MR) is 82.2 cm³/mol. The van der Waals surface area contributed by atoms with Crippen LogP contribution in [0.2, 0.25) is 0 Å². The van der Waals surface area contributed by atoms with E-state index in [0.717, 1.165) is 12.1 Å². The second kappa shape index (κ2) is 4.96. The van der Waals surface area contributed by atoms with Crippen molar-refractivity contribution in [1.82, 2.24) is 0 Å². The van der Waals surface area contributed by atoms with Crippen molar-refractivity contribution < 1.29 is 30.7 Å². The molecule has 3 rings (SSSR count). The number of allylic oxidation sites excluding steroid dienone is 1. The van der Waals surface area contributed by atoms with Crippen LogP contribution in [0.3, 0.4) is 0 Å². The van der Waals surface area contributed by atoms with Crippen molar-refractivity contribution in [2.45, 2.75) is 11.3 Å². The summed E-state index contributed by atoms with van der Waals surface area (Å²) in [6.07, 6.45) is 0.954. The van der Waals surface area contributed by atoms with Crippen LogP contribution in [0.15, 0.2) is 41.3 Å². The van der Waals surface area contributed by atoms with Crippen LogP contribution in [0.5, 0.6) is 0 Å². The molecule has 0 aliphatic heterocycles. The number of ketones is 1. The Balaban J connectivity index is 2.35. The van der Waals surface area contributed by atoms with Crippen molar-refractivity contribution >= 4 is 41.7 Å². The molecule has 0 spiro atoms. The van der Waals surface area contributed by atoms with E-state index < -0.39 is 25.1 Å². The summed E-state index contributed by atoms with van der Waals surface area (Å²) in [7, 11) is -8.95. The highest BCUT2D eigenvalue weighted by atomic mass is 32.2. The van der Waals surface area contributed by atoms with Crippen molar-refractivity contribution in [2.75, 3.05) is 0 Å². The quantitative estimate of drug-likeness (QED) is 0.789. The van der Waals surface area contributed by atoms with Crippen LogP contribution in [0.25, 0.3) is 15.7 Å². The van der Waals surface area contributed by atoms with E-state index in [2.05, 4.69) is 0 Å². The van der Waals surface area contributed by atoms with Gasteiger partial charge in [0.25, 0.3) is 20.2 Å². The second-order valence-electron chi connectivity index (χ2n) is 5.05. The lowest BCUT2D eigenvalue weighted by molar-refractivity contribution is 0.0994. The standard InChI is InChI=1S/C14H10O7S2/c15-13-3-4-14(23(19,20)21)12-7-9-5-10(22(16,17)18)2-1-8(9)6-11(12)13/h1-2,4-7H,3H2,(H,16,17,18)(H,19,20,21). The van der Waals surface area contributed by atoms with E-state index in [1.807, 2.05) is 0 Å². The van der Waals surface area contributed by atoms with Gasteiger partial charge in [0.15, 0.2) is 5.78 Å². The third kappa shape index (κ3) is 2.79. The van der Waals surface area contributed by atoms with Crippen molar-refractivity contribution in [1.29, 1.82) is 0 Å². The molecule has 0 amide bonds. The van der Waals surface area contributed by atoms with Gasteiger partial charge < -0.3 is 0 Å². The molecule has 23 heavy (non-hydrogen) atoms. The first-order valence-corrected chi connectivity index (χ1v) is 9.22. The summed E-state index contributed by atoms with van der Waals surface area (Å²) in [6.45, 7) is 0. The molecule has 0 unspecified atom stereocenters. The maximum absolute atomic E-state index is 12.0. The van der Waals surface area contributed by atoms with E-state index in [0.29, 0.717) is 10.8 Å². The number of Topliss-reactive ketones (excluding diaryl/α,β-unsaturated/α-hetero) is 1. The van der Waals surface area contributed by atoms with Gasteiger partial charge in [-0.2, -0.15) is 16.8 Å². The fourth-order valence-electron chi connectivity index (χ4n) is 2.52. The molecular formula is C14H10O7S2. The van der Waals surface area contributed by atoms with Gasteiger partial charge in [-0.3, -0.25) is 13.9 Å². The number of hydrogen-bond donors (Lipinski definition) is 2. The summed E-state index contributed by atoms with van der Waals surface area (Å²) in [6, 6.07) is 6.47. The van der Waals surface area contributed by atoms with Crippen molar-refractivity contribution in [3.05, 3.63) is 47.5 Å². The highest BCUT2D eigenvalue weighted by Gasteiger charge is 2.27. The molecule has 0 aromatic heterocycles. The SMILES string of the molecule is O=C1CC=C(S(=O)(=O)O)c2cc3cc(S(=O)(=O)O)ccc3cc21. The van der Waals surface area contributed by atoms with Gasteiger partial charge in [0, 0.05) is 17.5 Å². The molecule has 0 atom stereocenters. The second-order valence-corrected chi connectivity index (χ2v) is 7.86. The van der Waals surface area contributed by atoms with Crippen LogP contribution in [0.4, 0.5) is 0 Å². The van der Waals surface area contributed by atoms with Crippen LogP contribution in [0.1, 0.15) is 22.3 Å². The highest BCUT2D eigenvalue weighted by molar-refractivity contribution is 7.95. The van der Waals surface area contributed by atoms with Crippen LogP contribution >= 0.6 is 0 Å². The molecule has 1 aliphatic rings. The Bertz CT molecular complexity index is 1090. The maximum atomic E-state index is 12.0. The number of benzene rings is 2. The Morgan fingerprint density at radius 1 is 0.826 bits per heavy atom. The van der Waals surface area contributed by atoms with Gasteiger partial charge in [0.05, 0.1) is 9.80 Å². The maximum Gasteiger partial charge on any atom is 0.294 e. The van der Waals surface area contributed by atoms with Crippen molar-refractivity contribution in [3.8, 4) is 0 Å². The number of carbonyl (C=O) groups is 1. The Morgan fingerprint density at radius 3 is 2.09 bits per heavy atom. The van der Waals surface area contributed by atoms with E-state index in [1.54, 1.807) is 0 Å². The zero-order valence-electron chi connectivity index (χ0n) is 11.4. The van der Waals surface area contributed by atoms with Gasteiger partial charge >= 0.3 is 0 Å². The van der Waals surface area contributed by atoms with Crippen LogP contribution in [-0.4, -0.2) is 31.7 Å². The molecule has 0 saturated heterocycles. The fraction of sp³-hybridized carbons (Fsp3) is 0.0714. The van der Waals surface area contributed by atoms with Crippen molar-refractivity contribution in [2.24, 2.45) is 0 Å². The summed E-state index contributed by atoms with van der Waals surface area (Å²) in [4.78, 5) is 11.2. The molecular weight excluding hydrogens is 344 g/mol. The van der Waals surface area contributed by atoms with Crippen LogP contribution in [-0.2, 0) is 20.2 Å². The first kappa shape index (κ1) is 15.8. The highest BCUT2D eigenvalue weighted by Crippen LogP contribution is 2.33. The van der Waals surface area contributed by atoms with Gasteiger partial charge in [-0.1, -0.05) is 12.1 Å². The van der Waals surface area contributed by atoms with E-state index in [-0.39, 0.29) is 28.2 Å². The Morgan fingerprint density at radius 2 is 1.48 bits per heavy atom. The van der Waals surface area contributed by atoms with Crippen molar-refractivity contribution in [3.63, 3.8) is 0 Å². The van der Waals surface area contributed by atoms with Crippen LogP contribution < -0.4 is 0 Å². The molecule has 0 bridgehead atoms. The first-order valence-electron chi connectivity index (χ1n) is 6.34. The molecule has 0 saturated carbocycles. The molecule has 2 aromatic carbocycles. The molecule has 1 aliphatic carbocycles. The third-order valence-electron chi connectivity index (χ3n) is 3.56. The molecule has 2 aromatic rings. The smallest absolute Gasteiger partial charge is 0.294 e. The van der Waals surface area contributed by atoms with Gasteiger partial charge in [-0.15, -0.1) is 0 Å². The minimum Gasteiger partial charge on any atom is -0.294 e. The third-order valence-corrected chi connectivity index (χ3v) is 5.35. The average molecular weight is 354 g/mol. The average Bonchev–Trinajstić information content (AvgIpc) is 2.43. The Kier molecular flexibility index (Phi) is 3.41. The monoisotopic (exact) mass is 354 g/mol. The van der Waals surface area contributed by atoms with Gasteiger partial charge in [0.1, 0.15) is 0 Å². The normalized spacial score (nSPS) is 15.4. The Hall–Kier alpha value is -2.07. The molecule has 120 valence electrons. The zero-order chi connectivity index (χ0) is 17.0.